The van der Waals surface area contributed by atoms with Gasteiger partial charge in [0.1, 0.15) is 0 Å². The van der Waals surface area contributed by atoms with Crippen molar-refractivity contribution in [1.82, 2.24) is 19.2 Å². The number of anilines is 1. The first-order valence-corrected chi connectivity index (χ1v) is 11.8. The maximum absolute atomic E-state index is 13.5. The van der Waals surface area contributed by atoms with Crippen molar-refractivity contribution in [3.63, 3.8) is 0 Å². The van der Waals surface area contributed by atoms with Gasteiger partial charge in [-0.25, -0.2) is 22.7 Å². The molecule has 3 fully saturated rings. The minimum absolute atomic E-state index is 0.123. The number of piperidine rings is 1. The lowest BCUT2D eigenvalue weighted by molar-refractivity contribution is -0.141. The quantitative estimate of drug-likeness (QED) is 0.739. The number of hydrogen-bond acceptors (Lipinski definition) is 6. The topological polar surface area (TPSA) is 86.7 Å². The fourth-order valence-corrected chi connectivity index (χ4v) is 6.56. The van der Waals surface area contributed by atoms with Gasteiger partial charge in [-0.05, 0) is 39.2 Å². The van der Waals surface area contributed by atoms with Gasteiger partial charge in [0.25, 0.3) is 0 Å². The van der Waals surface area contributed by atoms with Crippen LogP contribution in [0.4, 0.5) is 5.95 Å². The SMILES string of the molecule is CCN1CC[C@@]2(CN(c3ncccn3)CC23CCN(S(=O)(=O)CC)CC3)C1=O. The summed E-state index contributed by atoms with van der Waals surface area (Å²) in [7, 11) is -3.20. The van der Waals surface area contributed by atoms with Crippen LogP contribution in [0.3, 0.4) is 0 Å². The van der Waals surface area contributed by atoms with Gasteiger partial charge in [-0.3, -0.25) is 4.79 Å². The molecule has 1 aromatic rings. The molecule has 0 radical (unpaired) electrons. The highest BCUT2D eigenvalue weighted by atomic mass is 32.2. The molecule has 1 aromatic heterocycles. The predicted octanol–water partition coefficient (Wildman–Crippen LogP) is 0.967. The summed E-state index contributed by atoms with van der Waals surface area (Å²) in [4.78, 5) is 26.4. The third-order valence-corrected chi connectivity index (χ3v) is 9.01. The van der Waals surface area contributed by atoms with E-state index in [2.05, 4.69) is 14.9 Å². The van der Waals surface area contributed by atoms with Crippen LogP contribution in [0.1, 0.15) is 33.1 Å². The molecule has 0 N–H and O–H groups in total. The zero-order chi connectivity index (χ0) is 20.0. The molecule has 3 saturated heterocycles. The third kappa shape index (κ3) is 2.82. The van der Waals surface area contributed by atoms with Crippen molar-refractivity contribution in [3.05, 3.63) is 18.5 Å². The molecule has 3 aliphatic heterocycles. The van der Waals surface area contributed by atoms with E-state index < -0.39 is 15.4 Å². The molecular weight excluding hydrogens is 378 g/mol. The van der Waals surface area contributed by atoms with Crippen molar-refractivity contribution >= 4 is 21.9 Å². The molecule has 0 aromatic carbocycles. The Morgan fingerprint density at radius 3 is 2.29 bits per heavy atom. The molecule has 8 nitrogen and oxygen atoms in total. The van der Waals surface area contributed by atoms with E-state index >= 15 is 0 Å². The summed E-state index contributed by atoms with van der Waals surface area (Å²) in [6.45, 7) is 7.50. The molecule has 154 valence electrons. The second kappa shape index (κ2) is 6.95. The van der Waals surface area contributed by atoms with E-state index in [0.29, 0.717) is 45.0 Å². The normalized spacial score (nSPS) is 28.0. The Balaban J connectivity index is 1.67. The van der Waals surface area contributed by atoms with Crippen LogP contribution in [-0.4, -0.2) is 78.5 Å². The molecule has 2 spiro atoms. The number of likely N-dealkylation sites (tertiary alicyclic amines) is 1. The number of hydrogen-bond donors (Lipinski definition) is 0. The smallest absolute Gasteiger partial charge is 0.231 e. The number of sulfonamides is 1. The second-order valence-electron chi connectivity index (χ2n) is 8.20. The molecule has 28 heavy (non-hydrogen) atoms. The number of amides is 1. The Labute approximate surface area is 167 Å². The van der Waals surface area contributed by atoms with E-state index in [1.54, 1.807) is 29.7 Å². The van der Waals surface area contributed by atoms with Gasteiger partial charge in [0.05, 0.1) is 11.2 Å². The van der Waals surface area contributed by atoms with Crippen LogP contribution in [0.25, 0.3) is 0 Å². The molecule has 9 heteroatoms. The lowest BCUT2D eigenvalue weighted by Crippen LogP contribution is -2.53. The molecule has 0 unspecified atom stereocenters. The first-order chi connectivity index (χ1) is 13.4. The minimum Gasteiger partial charge on any atom is -0.342 e. The highest BCUT2D eigenvalue weighted by molar-refractivity contribution is 7.89. The van der Waals surface area contributed by atoms with Crippen LogP contribution < -0.4 is 4.90 Å². The molecule has 1 atom stereocenters. The van der Waals surface area contributed by atoms with Gasteiger partial charge >= 0.3 is 0 Å². The Bertz CT molecular complexity index is 838. The average molecular weight is 408 g/mol. The molecule has 3 aliphatic rings. The average Bonchev–Trinajstić information content (AvgIpc) is 3.21. The molecule has 0 aliphatic carbocycles. The maximum Gasteiger partial charge on any atom is 0.231 e. The minimum atomic E-state index is -3.20. The van der Waals surface area contributed by atoms with Crippen LogP contribution in [0.15, 0.2) is 18.5 Å². The van der Waals surface area contributed by atoms with Crippen molar-refractivity contribution in [2.75, 3.05) is 49.9 Å². The number of fused-ring (bicyclic) bond motifs is 1. The summed E-state index contributed by atoms with van der Waals surface area (Å²) >= 11 is 0. The summed E-state index contributed by atoms with van der Waals surface area (Å²) in [6.07, 6.45) is 5.69. The summed E-state index contributed by atoms with van der Waals surface area (Å²) in [5.41, 5.74) is -0.697. The first kappa shape index (κ1) is 19.6. The Hall–Kier alpha value is -1.74. The van der Waals surface area contributed by atoms with Gasteiger partial charge < -0.3 is 9.80 Å². The summed E-state index contributed by atoms with van der Waals surface area (Å²) in [5.74, 6) is 1.00. The van der Waals surface area contributed by atoms with Gasteiger partial charge in [0.15, 0.2) is 0 Å². The second-order valence-corrected chi connectivity index (χ2v) is 10.5. The number of nitrogens with zero attached hydrogens (tertiary/aromatic N) is 5. The van der Waals surface area contributed by atoms with Gasteiger partial charge in [-0.15, -0.1) is 0 Å². The van der Waals surface area contributed by atoms with Gasteiger partial charge in [-0.1, -0.05) is 0 Å². The monoisotopic (exact) mass is 407 g/mol. The van der Waals surface area contributed by atoms with Crippen LogP contribution >= 0.6 is 0 Å². The van der Waals surface area contributed by atoms with Crippen molar-refractivity contribution < 1.29 is 13.2 Å². The van der Waals surface area contributed by atoms with E-state index in [0.717, 1.165) is 19.5 Å². The zero-order valence-electron chi connectivity index (χ0n) is 16.7. The van der Waals surface area contributed by atoms with Gasteiger partial charge in [0, 0.05) is 57.1 Å². The standard InChI is InChI=1S/C19H29N5O3S/c1-3-22-11-8-19(16(22)25)15-23(17-20-9-5-10-21-17)14-18(19)6-12-24(13-7-18)28(26,27)4-2/h5,9-10H,3-4,6-8,11-15H2,1-2H3/t19-/m1/s1. The van der Waals surface area contributed by atoms with E-state index in [1.807, 2.05) is 11.8 Å². The summed E-state index contributed by atoms with van der Waals surface area (Å²) in [6, 6.07) is 1.79. The van der Waals surface area contributed by atoms with Crippen LogP contribution in [0.2, 0.25) is 0 Å². The van der Waals surface area contributed by atoms with Gasteiger partial charge in [-0.2, -0.15) is 0 Å². The Morgan fingerprint density at radius 1 is 1.04 bits per heavy atom. The van der Waals surface area contributed by atoms with E-state index in [-0.39, 0.29) is 17.1 Å². The fourth-order valence-electron chi connectivity index (χ4n) is 5.45. The van der Waals surface area contributed by atoms with E-state index in [9.17, 15) is 13.2 Å². The van der Waals surface area contributed by atoms with Crippen molar-refractivity contribution in [1.29, 1.82) is 0 Å². The van der Waals surface area contributed by atoms with Crippen molar-refractivity contribution in [2.24, 2.45) is 10.8 Å². The van der Waals surface area contributed by atoms with Crippen molar-refractivity contribution in [2.45, 2.75) is 33.1 Å². The first-order valence-electron chi connectivity index (χ1n) is 10.2. The Kier molecular flexibility index (Phi) is 4.86. The number of rotatable bonds is 4. The number of carbonyl (C=O) groups is 1. The lowest BCUT2D eigenvalue weighted by atomic mass is 9.60. The predicted molar refractivity (Wildman–Crippen MR) is 106 cm³/mol. The summed E-state index contributed by atoms with van der Waals surface area (Å²) in [5, 5.41) is 0. The molecule has 0 bridgehead atoms. The number of aromatic nitrogens is 2. The highest BCUT2D eigenvalue weighted by Crippen LogP contribution is 2.58. The molecule has 0 saturated carbocycles. The lowest BCUT2D eigenvalue weighted by Gasteiger charge is -2.46. The van der Waals surface area contributed by atoms with Crippen LogP contribution in [-0.2, 0) is 14.8 Å². The molecule has 4 heterocycles. The molecular formula is C19H29N5O3S. The molecule has 4 rings (SSSR count). The van der Waals surface area contributed by atoms with Gasteiger partial charge in [0.2, 0.25) is 21.9 Å². The maximum atomic E-state index is 13.5. The van der Waals surface area contributed by atoms with Crippen LogP contribution in [0, 0.1) is 10.8 Å². The van der Waals surface area contributed by atoms with Crippen LogP contribution in [0.5, 0.6) is 0 Å². The Morgan fingerprint density at radius 2 is 1.71 bits per heavy atom. The third-order valence-electron chi connectivity index (χ3n) is 7.13. The van der Waals surface area contributed by atoms with E-state index in [4.69, 9.17) is 0 Å². The summed E-state index contributed by atoms with van der Waals surface area (Å²) < 4.78 is 26.3. The fraction of sp³-hybridized carbons (Fsp3) is 0.737. The zero-order valence-corrected chi connectivity index (χ0v) is 17.5. The molecule has 1 amide bonds. The highest BCUT2D eigenvalue weighted by Gasteiger charge is 2.65. The largest absolute Gasteiger partial charge is 0.342 e. The number of carbonyl (C=O) groups excluding carboxylic acids is 1. The van der Waals surface area contributed by atoms with E-state index in [1.165, 1.54) is 0 Å². The van der Waals surface area contributed by atoms with Crippen molar-refractivity contribution in [3.8, 4) is 0 Å².